The molecule has 0 bridgehead atoms. The van der Waals surface area contributed by atoms with Crippen LogP contribution in [0.4, 0.5) is 0 Å². The molecule has 4 heteroatoms. The van der Waals surface area contributed by atoms with E-state index >= 15 is 0 Å². The summed E-state index contributed by atoms with van der Waals surface area (Å²) in [5.74, 6) is -0.515. The molecule has 4 nitrogen and oxygen atoms in total. The van der Waals surface area contributed by atoms with Gasteiger partial charge >= 0.3 is 5.97 Å². The van der Waals surface area contributed by atoms with E-state index in [1.165, 1.54) is 19.3 Å². The van der Waals surface area contributed by atoms with Crippen LogP contribution >= 0.6 is 0 Å². The largest absolute Gasteiger partial charge is 0.481 e. The Morgan fingerprint density at radius 2 is 1.70 bits per heavy atom. The van der Waals surface area contributed by atoms with Crippen LogP contribution in [0.5, 0.6) is 0 Å². The van der Waals surface area contributed by atoms with Crippen LogP contribution < -0.4 is 5.32 Å². The summed E-state index contributed by atoms with van der Waals surface area (Å²) in [5, 5.41) is 12.4. The van der Waals surface area contributed by atoms with Crippen LogP contribution in [0.15, 0.2) is 0 Å². The van der Waals surface area contributed by atoms with Crippen LogP contribution in [0.3, 0.4) is 0 Å². The summed E-state index contributed by atoms with van der Waals surface area (Å²) in [7, 11) is 0. The van der Waals surface area contributed by atoms with Gasteiger partial charge in [0.15, 0.2) is 0 Å². The Labute approximate surface area is 121 Å². The summed E-state index contributed by atoms with van der Waals surface area (Å²) in [6.07, 6.45) is 7.04. The Bertz CT molecular complexity index is 361. The van der Waals surface area contributed by atoms with Crippen LogP contribution in [0.2, 0.25) is 0 Å². The number of amides is 1. The minimum atomic E-state index is -0.816. The van der Waals surface area contributed by atoms with E-state index in [4.69, 9.17) is 0 Å². The molecule has 2 aliphatic carbocycles. The molecule has 0 saturated heterocycles. The average Bonchev–Trinajstić information content (AvgIpc) is 2.82. The van der Waals surface area contributed by atoms with Crippen LogP contribution in [0.1, 0.15) is 58.8 Å². The van der Waals surface area contributed by atoms with Crippen molar-refractivity contribution in [3.05, 3.63) is 0 Å². The van der Waals surface area contributed by atoms with Crippen molar-refractivity contribution >= 4 is 11.9 Å². The zero-order chi connectivity index (χ0) is 14.7. The molecule has 2 aliphatic rings. The smallest absolute Gasteiger partial charge is 0.307 e. The highest BCUT2D eigenvalue weighted by atomic mass is 16.4. The number of carboxylic acid groups (broad SMARTS) is 1. The van der Waals surface area contributed by atoms with Crippen molar-refractivity contribution in [1.82, 2.24) is 5.32 Å². The Hall–Kier alpha value is -1.06. The lowest BCUT2D eigenvalue weighted by Crippen LogP contribution is -2.42. The summed E-state index contributed by atoms with van der Waals surface area (Å²) < 4.78 is 0. The van der Waals surface area contributed by atoms with Gasteiger partial charge in [0.25, 0.3) is 0 Å². The van der Waals surface area contributed by atoms with Gasteiger partial charge in [-0.25, -0.2) is 0 Å². The SMILES string of the molecule is CCC1CCC(NC(=O)[C@H]2CC(C)C[C@H]2C(=O)O)CC1. The van der Waals surface area contributed by atoms with Crippen LogP contribution in [-0.4, -0.2) is 23.0 Å². The van der Waals surface area contributed by atoms with Crippen molar-refractivity contribution in [1.29, 1.82) is 0 Å². The normalized spacial score (nSPS) is 37.6. The lowest BCUT2D eigenvalue weighted by Gasteiger charge is -2.29. The number of rotatable bonds is 4. The van der Waals surface area contributed by atoms with Crippen LogP contribution in [0, 0.1) is 23.7 Å². The fourth-order valence-electron chi connectivity index (χ4n) is 3.88. The second-order valence-electron chi connectivity index (χ2n) is 6.76. The Balaban J connectivity index is 1.87. The fourth-order valence-corrected chi connectivity index (χ4v) is 3.88. The second kappa shape index (κ2) is 6.59. The number of carboxylic acids is 1. The van der Waals surface area contributed by atoms with Gasteiger partial charge in [0.1, 0.15) is 0 Å². The molecule has 1 amide bonds. The minimum Gasteiger partial charge on any atom is -0.481 e. The van der Waals surface area contributed by atoms with Crippen molar-refractivity contribution in [2.75, 3.05) is 0 Å². The Kier molecular flexibility index (Phi) is 5.06. The molecule has 3 atom stereocenters. The third-order valence-electron chi connectivity index (χ3n) is 5.22. The molecule has 0 aromatic carbocycles. The Morgan fingerprint density at radius 1 is 1.10 bits per heavy atom. The molecule has 2 fully saturated rings. The van der Waals surface area contributed by atoms with Gasteiger partial charge in [-0.2, -0.15) is 0 Å². The molecular formula is C16H27NO3. The van der Waals surface area contributed by atoms with E-state index < -0.39 is 11.9 Å². The maximum atomic E-state index is 12.4. The first-order valence-electron chi connectivity index (χ1n) is 8.04. The predicted octanol–water partition coefficient (Wildman–Crippen LogP) is 2.82. The van der Waals surface area contributed by atoms with Gasteiger partial charge in [-0.3, -0.25) is 9.59 Å². The van der Waals surface area contributed by atoms with Crippen molar-refractivity contribution in [3.8, 4) is 0 Å². The molecule has 0 aliphatic heterocycles. The average molecular weight is 281 g/mol. The monoisotopic (exact) mass is 281 g/mol. The van der Waals surface area contributed by atoms with E-state index in [1.54, 1.807) is 0 Å². The van der Waals surface area contributed by atoms with Gasteiger partial charge < -0.3 is 10.4 Å². The predicted molar refractivity (Wildman–Crippen MR) is 77.2 cm³/mol. The number of carbonyl (C=O) groups excluding carboxylic acids is 1. The number of carbonyl (C=O) groups is 2. The number of nitrogens with one attached hydrogen (secondary N) is 1. The van der Waals surface area contributed by atoms with Crippen molar-refractivity contribution in [2.24, 2.45) is 23.7 Å². The first-order valence-corrected chi connectivity index (χ1v) is 8.04. The summed E-state index contributed by atoms with van der Waals surface area (Å²) >= 11 is 0. The van der Waals surface area contributed by atoms with Crippen LogP contribution in [0.25, 0.3) is 0 Å². The summed E-state index contributed by atoms with van der Waals surface area (Å²) in [6.45, 7) is 4.26. The molecule has 0 aromatic heterocycles. The van der Waals surface area contributed by atoms with Gasteiger partial charge in [0.05, 0.1) is 11.8 Å². The highest BCUT2D eigenvalue weighted by Crippen LogP contribution is 2.37. The molecule has 0 radical (unpaired) electrons. The number of hydrogen-bond acceptors (Lipinski definition) is 2. The van der Waals surface area contributed by atoms with E-state index in [9.17, 15) is 14.7 Å². The van der Waals surface area contributed by atoms with E-state index in [0.29, 0.717) is 18.8 Å². The zero-order valence-corrected chi connectivity index (χ0v) is 12.6. The van der Waals surface area contributed by atoms with E-state index in [-0.39, 0.29) is 17.9 Å². The van der Waals surface area contributed by atoms with E-state index in [2.05, 4.69) is 12.2 Å². The summed E-state index contributed by atoms with van der Waals surface area (Å²) in [4.78, 5) is 23.6. The van der Waals surface area contributed by atoms with Gasteiger partial charge in [-0.05, 0) is 50.4 Å². The lowest BCUT2D eigenvalue weighted by atomic mass is 9.84. The first-order chi connectivity index (χ1) is 9.51. The molecule has 2 N–H and O–H groups in total. The zero-order valence-electron chi connectivity index (χ0n) is 12.6. The third-order valence-corrected chi connectivity index (χ3v) is 5.22. The molecule has 20 heavy (non-hydrogen) atoms. The third kappa shape index (κ3) is 3.53. The second-order valence-corrected chi connectivity index (χ2v) is 6.76. The standard InChI is InChI=1S/C16H27NO3/c1-3-11-4-6-12(7-5-11)17-15(18)13-8-10(2)9-14(13)16(19)20/h10-14H,3-9H2,1-2H3,(H,17,18)(H,19,20)/t10?,11?,12?,13-,14+/m0/s1. The van der Waals surface area contributed by atoms with E-state index in [1.807, 2.05) is 6.92 Å². The van der Waals surface area contributed by atoms with Crippen molar-refractivity contribution < 1.29 is 14.7 Å². The van der Waals surface area contributed by atoms with Gasteiger partial charge in [0.2, 0.25) is 5.91 Å². The van der Waals surface area contributed by atoms with Gasteiger partial charge in [0, 0.05) is 6.04 Å². The van der Waals surface area contributed by atoms with Crippen LogP contribution in [-0.2, 0) is 9.59 Å². The van der Waals surface area contributed by atoms with Gasteiger partial charge in [-0.1, -0.05) is 20.3 Å². The quantitative estimate of drug-likeness (QED) is 0.832. The molecule has 2 saturated carbocycles. The lowest BCUT2D eigenvalue weighted by molar-refractivity contribution is -0.146. The topological polar surface area (TPSA) is 66.4 Å². The molecular weight excluding hydrogens is 254 g/mol. The fraction of sp³-hybridized carbons (Fsp3) is 0.875. The van der Waals surface area contributed by atoms with E-state index in [0.717, 1.165) is 18.8 Å². The summed E-state index contributed by atoms with van der Waals surface area (Å²) in [5.41, 5.74) is 0. The number of aliphatic carboxylic acids is 1. The maximum Gasteiger partial charge on any atom is 0.307 e. The van der Waals surface area contributed by atoms with Crippen molar-refractivity contribution in [2.45, 2.75) is 64.8 Å². The minimum absolute atomic E-state index is 0.0262. The highest BCUT2D eigenvalue weighted by Gasteiger charge is 2.41. The molecule has 0 heterocycles. The molecule has 0 spiro atoms. The Morgan fingerprint density at radius 3 is 2.25 bits per heavy atom. The van der Waals surface area contributed by atoms with Gasteiger partial charge in [-0.15, -0.1) is 0 Å². The molecule has 114 valence electrons. The first kappa shape index (κ1) is 15.3. The molecule has 0 aromatic rings. The highest BCUT2D eigenvalue weighted by molar-refractivity contribution is 5.85. The number of hydrogen-bond donors (Lipinski definition) is 2. The molecule has 1 unspecified atom stereocenters. The molecule has 2 rings (SSSR count). The maximum absolute atomic E-state index is 12.4. The summed E-state index contributed by atoms with van der Waals surface area (Å²) in [6, 6.07) is 0.260. The van der Waals surface area contributed by atoms with Crippen molar-refractivity contribution in [3.63, 3.8) is 0 Å².